The zero-order valence-corrected chi connectivity index (χ0v) is 14.7. The van der Waals surface area contributed by atoms with Gasteiger partial charge in [0.1, 0.15) is 5.54 Å². The molecule has 2 atom stereocenters. The normalized spacial score (nSPS) is 15.8. The van der Waals surface area contributed by atoms with Crippen molar-refractivity contribution in [2.45, 2.75) is 58.5 Å². The van der Waals surface area contributed by atoms with Gasteiger partial charge in [-0.25, -0.2) is 0 Å². The number of hydrogen-bond donors (Lipinski definition) is 1. The van der Waals surface area contributed by atoms with Crippen LogP contribution in [-0.4, -0.2) is 62.9 Å². The number of nitrogens with one attached hydrogen (secondary N) is 1. The number of carbonyl (C=O) groups excluding carboxylic acids is 1. The molecule has 0 spiro atoms. The number of methoxy groups -OCH3 is 1. The maximum Gasteiger partial charge on any atom is 0.326 e. The van der Waals surface area contributed by atoms with E-state index in [0.717, 1.165) is 39.0 Å². The largest absolute Gasteiger partial charge is 0.465 e. The van der Waals surface area contributed by atoms with Crippen LogP contribution >= 0.6 is 0 Å². The van der Waals surface area contributed by atoms with Crippen LogP contribution < -0.4 is 5.32 Å². The highest BCUT2D eigenvalue weighted by Crippen LogP contribution is 2.16. The highest BCUT2D eigenvalue weighted by Gasteiger charge is 2.32. The second kappa shape index (κ2) is 11.0. The van der Waals surface area contributed by atoms with Crippen molar-refractivity contribution < 1.29 is 14.3 Å². The molecule has 0 aromatic carbocycles. The molecule has 0 radical (unpaired) electrons. The lowest BCUT2D eigenvalue weighted by Gasteiger charge is -2.31. The van der Waals surface area contributed by atoms with E-state index < -0.39 is 5.54 Å². The van der Waals surface area contributed by atoms with Crippen molar-refractivity contribution in [2.75, 3.05) is 40.5 Å². The summed E-state index contributed by atoms with van der Waals surface area (Å²) < 4.78 is 10.3. The molecule has 126 valence electrons. The molecule has 0 aliphatic carbocycles. The van der Waals surface area contributed by atoms with E-state index in [0.29, 0.717) is 12.6 Å². The summed E-state index contributed by atoms with van der Waals surface area (Å²) in [6.07, 6.45) is 2.83. The zero-order chi connectivity index (χ0) is 16.3. The summed E-state index contributed by atoms with van der Waals surface area (Å²) >= 11 is 0. The van der Waals surface area contributed by atoms with Crippen molar-refractivity contribution >= 4 is 5.97 Å². The smallest absolute Gasteiger partial charge is 0.326 e. The Balaban J connectivity index is 4.41. The van der Waals surface area contributed by atoms with Crippen molar-refractivity contribution in [3.63, 3.8) is 0 Å². The third kappa shape index (κ3) is 7.25. The Labute approximate surface area is 130 Å². The molecule has 0 saturated carbocycles. The quantitative estimate of drug-likeness (QED) is 0.559. The fourth-order valence-electron chi connectivity index (χ4n) is 2.27. The average molecular weight is 302 g/mol. The molecule has 0 saturated heterocycles. The topological polar surface area (TPSA) is 50.8 Å². The summed E-state index contributed by atoms with van der Waals surface area (Å²) in [7, 11) is 3.54. The first-order valence-electron chi connectivity index (χ1n) is 8.04. The molecule has 5 heteroatoms. The number of carbonyl (C=O) groups is 1. The van der Waals surface area contributed by atoms with Gasteiger partial charge in [-0.1, -0.05) is 6.92 Å². The fraction of sp³-hybridized carbons (Fsp3) is 0.938. The van der Waals surface area contributed by atoms with Gasteiger partial charge in [0.2, 0.25) is 0 Å². The molecule has 1 N–H and O–H groups in total. The number of esters is 1. The Morgan fingerprint density at radius 2 is 2.00 bits per heavy atom. The van der Waals surface area contributed by atoms with E-state index in [1.54, 1.807) is 7.11 Å². The van der Waals surface area contributed by atoms with Crippen LogP contribution in [0.5, 0.6) is 0 Å². The average Bonchev–Trinajstić information content (AvgIpc) is 2.49. The first-order chi connectivity index (χ1) is 9.95. The number of ether oxygens (including phenoxy) is 2. The minimum absolute atomic E-state index is 0.167. The third-order valence-corrected chi connectivity index (χ3v) is 4.20. The van der Waals surface area contributed by atoms with Gasteiger partial charge in [0, 0.05) is 19.7 Å². The Morgan fingerprint density at radius 3 is 2.48 bits per heavy atom. The van der Waals surface area contributed by atoms with E-state index in [4.69, 9.17) is 9.47 Å². The first-order valence-corrected chi connectivity index (χ1v) is 8.04. The predicted octanol–water partition coefficient (Wildman–Crippen LogP) is 2.05. The summed E-state index contributed by atoms with van der Waals surface area (Å²) in [5.74, 6) is -0.167. The van der Waals surface area contributed by atoms with Crippen molar-refractivity contribution in [3.8, 4) is 0 Å². The highest BCUT2D eigenvalue weighted by atomic mass is 16.5. The second-order valence-corrected chi connectivity index (χ2v) is 5.69. The lowest BCUT2D eigenvalue weighted by Crippen LogP contribution is -2.49. The molecule has 0 heterocycles. The van der Waals surface area contributed by atoms with Gasteiger partial charge in [0.25, 0.3) is 0 Å². The van der Waals surface area contributed by atoms with Crippen LogP contribution in [0.2, 0.25) is 0 Å². The highest BCUT2D eigenvalue weighted by molar-refractivity contribution is 5.80. The standard InChI is InChI=1S/C16H34N2O3/c1-7-14(3)18(12-13-20-6)11-9-10-16(4,17-5)15(19)21-8-2/h14,17H,7-13H2,1-6H3. The van der Waals surface area contributed by atoms with Crippen molar-refractivity contribution in [1.82, 2.24) is 10.2 Å². The number of hydrogen-bond acceptors (Lipinski definition) is 5. The van der Waals surface area contributed by atoms with Crippen LogP contribution in [0.3, 0.4) is 0 Å². The molecule has 0 aromatic heterocycles. The van der Waals surface area contributed by atoms with E-state index in [9.17, 15) is 4.79 Å². The lowest BCUT2D eigenvalue weighted by molar-refractivity contribution is -0.150. The van der Waals surface area contributed by atoms with Gasteiger partial charge in [0.15, 0.2) is 0 Å². The van der Waals surface area contributed by atoms with Crippen LogP contribution in [0.15, 0.2) is 0 Å². The summed E-state index contributed by atoms with van der Waals surface area (Å²) in [5.41, 5.74) is -0.599. The predicted molar refractivity (Wildman–Crippen MR) is 86.5 cm³/mol. The third-order valence-electron chi connectivity index (χ3n) is 4.20. The molecule has 2 unspecified atom stereocenters. The monoisotopic (exact) mass is 302 g/mol. The Hall–Kier alpha value is -0.650. The molecular weight excluding hydrogens is 268 g/mol. The maximum absolute atomic E-state index is 12.0. The van der Waals surface area contributed by atoms with Crippen molar-refractivity contribution in [3.05, 3.63) is 0 Å². The molecule has 0 aromatic rings. The summed E-state index contributed by atoms with van der Waals surface area (Å²) in [5, 5.41) is 3.11. The van der Waals surface area contributed by atoms with Gasteiger partial charge in [-0.05, 0) is 53.6 Å². The Kier molecular flexibility index (Phi) is 10.6. The summed E-state index contributed by atoms with van der Waals surface area (Å²) in [6, 6.07) is 0.531. The Bertz CT molecular complexity index is 287. The van der Waals surface area contributed by atoms with E-state index >= 15 is 0 Å². The van der Waals surface area contributed by atoms with E-state index in [1.165, 1.54) is 0 Å². The van der Waals surface area contributed by atoms with Crippen LogP contribution in [0.4, 0.5) is 0 Å². The number of rotatable bonds is 12. The fourth-order valence-corrected chi connectivity index (χ4v) is 2.27. The van der Waals surface area contributed by atoms with Gasteiger partial charge in [0.05, 0.1) is 13.2 Å². The van der Waals surface area contributed by atoms with Gasteiger partial charge < -0.3 is 14.8 Å². The zero-order valence-electron chi connectivity index (χ0n) is 14.7. The van der Waals surface area contributed by atoms with Crippen molar-refractivity contribution in [1.29, 1.82) is 0 Å². The number of nitrogens with zero attached hydrogens (tertiary/aromatic N) is 1. The molecule has 0 bridgehead atoms. The molecule has 5 nitrogen and oxygen atoms in total. The summed E-state index contributed by atoms with van der Waals surface area (Å²) in [6.45, 7) is 11.2. The van der Waals surface area contributed by atoms with Gasteiger partial charge >= 0.3 is 5.97 Å². The van der Waals surface area contributed by atoms with Crippen LogP contribution in [0.1, 0.15) is 47.0 Å². The van der Waals surface area contributed by atoms with Crippen LogP contribution in [0, 0.1) is 0 Å². The van der Waals surface area contributed by atoms with Gasteiger partial charge in [-0.3, -0.25) is 9.69 Å². The van der Waals surface area contributed by atoms with Gasteiger partial charge in [-0.15, -0.1) is 0 Å². The van der Waals surface area contributed by atoms with Gasteiger partial charge in [-0.2, -0.15) is 0 Å². The van der Waals surface area contributed by atoms with E-state index in [1.807, 2.05) is 20.9 Å². The molecule has 0 amide bonds. The van der Waals surface area contributed by atoms with Crippen molar-refractivity contribution in [2.24, 2.45) is 0 Å². The lowest BCUT2D eigenvalue weighted by atomic mass is 9.95. The molecular formula is C16H34N2O3. The molecule has 0 fully saturated rings. The van der Waals surface area contributed by atoms with Crippen LogP contribution in [-0.2, 0) is 14.3 Å². The SMILES string of the molecule is CCOC(=O)C(C)(CCCN(CCOC)C(C)CC)NC. The minimum Gasteiger partial charge on any atom is -0.465 e. The van der Waals surface area contributed by atoms with Crippen LogP contribution in [0.25, 0.3) is 0 Å². The number of likely N-dealkylation sites (N-methyl/N-ethyl adjacent to an activating group) is 1. The first kappa shape index (κ1) is 20.3. The molecule has 0 rings (SSSR count). The molecule has 21 heavy (non-hydrogen) atoms. The van der Waals surface area contributed by atoms with E-state index in [2.05, 4.69) is 24.1 Å². The second-order valence-electron chi connectivity index (χ2n) is 5.69. The Morgan fingerprint density at radius 1 is 1.33 bits per heavy atom. The minimum atomic E-state index is -0.599. The maximum atomic E-state index is 12.0. The molecule has 0 aliphatic rings. The van der Waals surface area contributed by atoms with E-state index in [-0.39, 0.29) is 5.97 Å². The summed E-state index contributed by atoms with van der Waals surface area (Å²) in [4.78, 5) is 14.4. The molecule has 0 aliphatic heterocycles.